The number of benzene rings is 2. The molecule has 0 amide bonds. The fourth-order valence-electron chi connectivity index (χ4n) is 4.20. The van der Waals surface area contributed by atoms with Gasteiger partial charge in [0.05, 0.1) is 24.0 Å². The van der Waals surface area contributed by atoms with Crippen LogP contribution in [-0.4, -0.2) is 44.3 Å². The van der Waals surface area contributed by atoms with E-state index in [4.69, 9.17) is 15.7 Å². The van der Waals surface area contributed by atoms with Crippen molar-refractivity contribution in [2.75, 3.05) is 25.4 Å². The highest BCUT2D eigenvalue weighted by atomic mass is 19.2. The van der Waals surface area contributed by atoms with E-state index in [0.717, 1.165) is 12.1 Å². The van der Waals surface area contributed by atoms with E-state index in [1.165, 1.54) is 12.4 Å². The predicted molar refractivity (Wildman–Crippen MR) is 117 cm³/mol. The summed E-state index contributed by atoms with van der Waals surface area (Å²) in [5.74, 6) is -9.41. The molecule has 13 heteroatoms. The number of nitrogens with two attached hydrogens (primary N) is 1. The maximum Gasteiger partial charge on any atom is 0.204 e. The van der Waals surface area contributed by atoms with Crippen LogP contribution in [0.5, 0.6) is 11.5 Å². The Morgan fingerprint density at radius 2 is 1.81 bits per heavy atom. The van der Waals surface area contributed by atoms with E-state index in [0.29, 0.717) is 30.5 Å². The molecular formula is C23H16F5N7O. The van der Waals surface area contributed by atoms with Gasteiger partial charge in [0.2, 0.25) is 17.4 Å². The molecule has 184 valence electrons. The van der Waals surface area contributed by atoms with Gasteiger partial charge in [-0.25, -0.2) is 27.8 Å². The van der Waals surface area contributed by atoms with Gasteiger partial charge in [-0.05, 0) is 18.6 Å². The van der Waals surface area contributed by atoms with Gasteiger partial charge in [-0.3, -0.25) is 4.90 Å². The zero-order valence-electron chi connectivity index (χ0n) is 18.4. The van der Waals surface area contributed by atoms with Crippen molar-refractivity contribution in [3.8, 4) is 28.8 Å². The molecule has 0 saturated carbocycles. The number of ether oxygens (including phenoxy) is 1. The van der Waals surface area contributed by atoms with E-state index in [1.54, 1.807) is 4.68 Å². The first kappa shape index (κ1) is 23.4. The third kappa shape index (κ3) is 3.95. The Kier molecular flexibility index (Phi) is 5.89. The number of likely N-dealkylation sites (tertiary alicyclic amines) is 1. The summed E-state index contributed by atoms with van der Waals surface area (Å²) in [7, 11) is 0. The lowest BCUT2D eigenvalue weighted by atomic mass is 10.1. The van der Waals surface area contributed by atoms with Crippen LogP contribution in [0.1, 0.15) is 12.5 Å². The Balaban J connectivity index is 1.54. The van der Waals surface area contributed by atoms with E-state index in [1.807, 2.05) is 4.90 Å². The Bertz CT molecular complexity index is 1510. The lowest BCUT2D eigenvalue weighted by molar-refractivity contribution is 0.356. The van der Waals surface area contributed by atoms with Gasteiger partial charge in [-0.1, -0.05) is 0 Å². The van der Waals surface area contributed by atoms with E-state index < -0.39 is 40.6 Å². The van der Waals surface area contributed by atoms with Crippen molar-refractivity contribution in [3.63, 3.8) is 0 Å². The number of nitrogen functional groups attached to an aromatic ring is 1. The molecular weight excluding hydrogens is 485 g/mol. The molecule has 0 spiro atoms. The third-order valence-corrected chi connectivity index (χ3v) is 5.89. The van der Waals surface area contributed by atoms with Gasteiger partial charge < -0.3 is 10.5 Å². The number of anilines is 1. The largest absolute Gasteiger partial charge is 0.451 e. The molecule has 2 aromatic carbocycles. The molecule has 0 aliphatic carbocycles. The maximum absolute atomic E-state index is 15.2. The van der Waals surface area contributed by atoms with E-state index >= 15 is 4.39 Å². The van der Waals surface area contributed by atoms with E-state index in [2.05, 4.69) is 21.1 Å². The molecule has 1 fully saturated rings. The smallest absolute Gasteiger partial charge is 0.204 e. The van der Waals surface area contributed by atoms with Gasteiger partial charge in [-0.15, -0.1) is 0 Å². The fraction of sp³-hybridized carbons (Fsp3) is 0.217. The minimum absolute atomic E-state index is 0.0363. The molecule has 2 aromatic heterocycles. The van der Waals surface area contributed by atoms with Crippen molar-refractivity contribution in [3.05, 3.63) is 59.7 Å². The van der Waals surface area contributed by atoms with Gasteiger partial charge in [0, 0.05) is 30.8 Å². The molecule has 2 N–H and O–H groups in total. The minimum atomic E-state index is -1.75. The molecule has 8 nitrogen and oxygen atoms in total. The topological polar surface area (TPSA) is 106 Å². The SMILES string of the molecule is N#CCN1CCC(n2nc(-c3ccc(Oc4c(F)c(F)cc(F)c4F)cc3F)c3c(N)ncnc32)C1. The monoisotopic (exact) mass is 501 g/mol. The second-order valence-electron chi connectivity index (χ2n) is 8.13. The molecule has 3 heterocycles. The highest BCUT2D eigenvalue weighted by molar-refractivity contribution is 5.98. The molecule has 1 aliphatic rings. The van der Waals surface area contributed by atoms with Gasteiger partial charge >= 0.3 is 0 Å². The number of nitrogens with zero attached hydrogens (tertiary/aromatic N) is 6. The average molecular weight is 501 g/mol. The van der Waals surface area contributed by atoms with Gasteiger partial charge in [-0.2, -0.15) is 19.1 Å². The van der Waals surface area contributed by atoms with Gasteiger partial charge in [0.1, 0.15) is 29.4 Å². The van der Waals surface area contributed by atoms with E-state index in [9.17, 15) is 17.6 Å². The summed E-state index contributed by atoms with van der Waals surface area (Å²) in [6.45, 7) is 1.46. The molecule has 0 bridgehead atoms. The standard InChI is InChI=1S/C23H16F5N7O/c24-14-7-12(36-21-18(27)15(25)8-16(26)19(21)28)1-2-13(14)20-17-22(30)31-10-32-23(17)35(33-20)11-3-5-34(9-11)6-4-29/h1-2,7-8,10-11H,3,5-6,9H2,(H2,30,31,32). The van der Waals surface area contributed by atoms with Crippen LogP contribution in [0, 0.1) is 40.4 Å². The van der Waals surface area contributed by atoms with Crippen molar-refractivity contribution in [2.24, 2.45) is 0 Å². The summed E-state index contributed by atoms with van der Waals surface area (Å²) < 4.78 is 76.6. The van der Waals surface area contributed by atoms with Crippen LogP contribution in [0.3, 0.4) is 0 Å². The van der Waals surface area contributed by atoms with Crippen molar-refractivity contribution < 1.29 is 26.7 Å². The summed E-state index contributed by atoms with van der Waals surface area (Å²) in [6.07, 6.45) is 1.94. The second-order valence-corrected chi connectivity index (χ2v) is 8.13. The Labute approximate surface area is 200 Å². The molecule has 5 rings (SSSR count). The van der Waals surface area contributed by atoms with Crippen LogP contribution in [0.4, 0.5) is 27.8 Å². The Morgan fingerprint density at radius 1 is 1.06 bits per heavy atom. The first-order valence-electron chi connectivity index (χ1n) is 10.7. The van der Waals surface area contributed by atoms with Crippen molar-refractivity contribution in [1.82, 2.24) is 24.6 Å². The second kappa shape index (κ2) is 9.04. The Hall–Kier alpha value is -4.31. The first-order valence-corrected chi connectivity index (χ1v) is 10.7. The summed E-state index contributed by atoms with van der Waals surface area (Å²) in [5.41, 5.74) is 6.53. The number of aromatic nitrogens is 4. The van der Waals surface area contributed by atoms with Crippen LogP contribution in [0.2, 0.25) is 0 Å². The van der Waals surface area contributed by atoms with E-state index in [-0.39, 0.29) is 35.7 Å². The zero-order chi connectivity index (χ0) is 25.6. The number of halogens is 5. The lowest BCUT2D eigenvalue weighted by Gasteiger charge is -2.13. The molecule has 4 aromatic rings. The van der Waals surface area contributed by atoms with Crippen molar-refractivity contribution >= 4 is 16.9 Å². The first-order chi connectivity index (χ1) is 17.3. The highest BCUT2D eigenvalue weighted by Crippen LogP contribution is 2.37. The highest BCUT2D eigenvalue weighted by Gasteiger charge is 2.29. The third-order valence-electron chi connectivity index (χ3n) is 5.89. The molecule has 1 saturated heterocycles. The summed E-state index contributed by atoms with van der Waals surface area (Å²) in [6, 6.07) is 5.18. The van der Waals surface area contributed by atoms with Crippen LogP contribution < -0.4 is 10.5 Å². The summed E-state index contributed by atoms with van der Waals surface area (Å²) in [5, 5.41) is 13.8. The molecule has 1 unspecified atom stereocenters. The maximum atomic E-state index is 15.2. The number of hydrogen-bond acceptors (Lipinski definition) is 7. The number of hydrogen-bond donors (Lipinski definition) is 1. The van der Waals surface area contributed by atoms with Crippen molar-refractivity contribution in [2.45, 2.75) is 12.5 Å². The number of fused-ring (bicyclic) bond motifs is 1. The molecule has 0 radical (unpaired) electrons. The molecule has 1 atom stereocenters. The summed E-state index contributed by atoms with van der Waals surface area (Å²) >= 11 is 0. The van der Waals surface area contributed by atoms with Crippen molar-refractivity contribution in [1.29, 1.82) is 5.26 Å². The van der Waals surface area contributed by atoms with Crippen LogP contribution >= 0.6 is 0 Å². The fourth-order valence-corrected chi connectivity index (χ4v) is 4.20. The quantitative estimate of drug-likeness (QED) is 0.246. The van der Waals surface area contributed by atoms with Crippen LogP contribution in [0.25, 0.3) is 22.3 Å². The predicted octanol–water partition coefficient (Wildman–Crippen LogP) is 4.33. The van der Waals surface area contributed by atoms with Crippen LogP contribution in [0.15, 0.2) is 30.6 Å². The zero-order valence-corrected chi connectivity index (χ0v) is 18.4. The number of nitriles is 1. The lowest BCUT2D eigenvalue weighted by Crippen LogP contribution is -2.22. The molecule has 36 heavy (non-hydrogen) atoms. The van der Waals surface area contributed by atoms with Gasteiger partial charge in [0.15, 0.2) is 17.3 Å². The average Bonchev–Trinajstić information content (AvgIpc) is 3.46. The Morgan fingerprint density at radius 3 is 2.50 bits per heavy atom. The van der Waals surface area contributed by atoms with Crippen LogP contribution in [-0.2, 0) is 0 Å². The minimum Gasteiger partial charge on any atom is -0.451 e. The summed E-state index contributed by atoms with van der Waals surface area (Å²) in [4.78, 5) is 10.2. The normalized spacial score (nSPS) is 15.9. The molecule has 1 aliphatic heterocycles. The van der Waals surface area contributed by atoms with Gasteiger partial charge in [0.25, 0.3) is 0 Å². The number of rotatable bonds is 5.